The zero-order valence-corrected chi connectivity index (χ0v) is 17.2. The fraction of sp³-hybridized carbons (Fsp3) is 0.368. The minimum atomic E-state index is 0. The van der Waals surface area contributed by atoms with E-state index in [0.29, 0.717) is 6.61 Å². The van der Waals surface area contributed by atoms with Gasteiger partial charge in [0.2, 0.25) is 0 Å². The zero-order chi connectivity index (χ0) is 17.4. The molecular formula is C19H25BrClNO3. The molecular weight excluding hydrogens is 406 g/mol. The van der Waals surface area contributed by atoms with E-state index < -0.39 is 0 Å². The highest BCUT2D eigenvalue weighted by molar-refractivity contribution is 9.10. The molecule has 0 aliphatic rings. The van der Waals surface area contributed by atoms with E-state index in [1.807, 2.05) is 25.1 Å². The third-order valence-electron chi connectivity index (χ3n) is 3.66. The molecule has 0 aliphatic heterocycles. The molecule has 138 valence electrons. The van der Waals surface area contributed by atoms with Crippen molar-refractivity contribution < 1.29 is 14.2 Å². The van der Waals surface area contributed by atoms with Gasteiger partial charge in [0.05, 0.1) is 25.3 Å². The number of methoxy groups -OCH3 is 2. The summed E-state index contributed by atoms with van der Waals surface area (Å²) in [5, 5.41) is 3.46. The summed E-state index contributed by atoms with van der Waals surface area (Å²) in [4.78, 5) is 0. The van der Waals surface area contributed by atoms with Crippen molar-refractivity contribution in [3.63, 3.8) is 0 Å². The molecule has 2 rings (SSSR count). The summed E-state index contributed by atoms with van der Waals surface area (Å²) < 4.78 is 17.1. The van der Waals surface area contributed by atoms with Crippen LogP contribution >= 0.6 is 28.3 Å². The molecule has 0 amide bonds. The van der Waals surface area contributed by atoms with Crippen molar-refractivity contribution in [2.24, 2.45) is 0 Å². The smallest absolute Gasteiger partial charge is 0.160 e. The van der Waals surface area contributed by atoms with Gasteiger partial charge in [-0.05, 0) is 71.2 Å². The van der Waals surface area contributed by atoms with Crippen molar-refractivity contribution in [2.45, 2.75) is 19.9 Å². The molecule has 4 nitrogen and oxygen atoms in total. The van der Waals surface area contributed by atoms with Crippen molar-refractivity contribution in [3.05, 3.63) is 52.0 Å². The lowest BCUT2D eigenvalue weighted by Gasteiger charge is -2.11. The van der Waals surface area contributed by atoms with E-state index in [2.05, 4.69) is 39.4 Å². The minimum Gasteiger partial charge on any atom is -0.493 e. The summed E-state index contributed by atoms with van der Waals surface area (Å²) in [6.07, 6.45) is 0.929. The SMILES string of the molecule is CCOc1ccc(CNCCc2ccc(OC)c(OC)c2)cc1Br.Cl. The van der Waals surface area contributed by atoms with Crippen LogP contribution in [-0.2, 0) is 13.0 Å². The second-order valence-electron chi connectivity index (χ2n) is 5.31. The average Bonchev–Trinajstić information content (AvgIpc) is 2.60. The lowest BCUT2D eigenvalue weighted by Crippen LogP contribution is -2.16. The van der Waals surface area contributed by atoms with Gasteiger partial charge in [0.25, 0.3) is 0 Å². The maximum atomic E-state index is 5.53. The molecule has 0 bridgehead atoms. The van der Waals surface area contributed by atoms with Crippen molar-refractivity contribution in [2.75, 3.05) is 27.4 Å². The molecule has 6 heteroatoms. The van der Waals surface area contributed by atoms with Crippen LogP contribution in [0.15, 0.2) is 40.9 Å². The normalized spacial score (nSPS) is 10.1. The van der Waals surface area contributed by atoms with E-state index in [0.717, 1.165) is 41.2 Å². The highest BCUT2D eigenvalue weighted by Gasteiger charge is 2.05. The highest BCUT2D eigenvalue weighted by atomic mass is 79.9. The molecule has 0 aromatic heterocycles. The first-order valence-electron chi connectivity index (χ1n) is 8.00. The number of hydrogen-bond acceptors (Lipinski definition) is 4. The number of benzene rings is 2. The number of halogens is 2. The van der Waals surface area contributed by atoms with Gasteiger partial charge in [0.15, 0.2) is 11.5 Å². The first kappa shape index (κ1) is 21.6. The van der Waals surface area contributed by atoms with Crippen molar-refractivity contribution in [1.29, 1.82) is 0 Å². The Balaban J connectivity index is 0.00000312. The van der Waals surface area contributed by atoms with Gasteiger partial charge < -0.3 is 19.5 Å². The predicted molar refractivity (Wildman–Crippen MR) is 108 cm³/mol. The summed E-state index contributed by atoms with van der Waals surface area (Å²) in [7, 11) is 3.30. The molecule has 0 aliphatic carbocycles. The number of ether oxygens (including phenoxy) is 3. The topological polar surface area (TPSA) is 39.7 Å². The van der Waals surface area contributed by atoms with Crippen LogP contribution in [0.2, 0.25) is 0 Å². The molecule has 0 atom stereocenters. The van der Waals surface area contributed by atoms with E-state index in [4.69, 9.17) is 14.2 Å². The Bertz CT molecular complexity index is 667. The molecule has 0 heterocycles. The van der Waals surface area contributed by atoms with E-state index in [-0.39, 0.29) is 12.4 Å². The third-order valence-corrected chi connectivity index (χ3v) is 4.28. The Hall–Kier alpha value is -1.43. The van der Waals surface area contributed by atoms with Gasteiger partial charge in [-0.15, -0.1) is 12.4 Å². The number of nitrogens with one attached hydrogen (secondary N) is 1. The van der Waals surface area contributed by atoms with Crippen LogP contribution < -0.4 is 19.5 Å². The van der Waals surface area contributed by atoms with Crippen LogP contribution in [-0.4, -0.2) is 27.4 Å². The molecule has 25 heavy (non-hydrogen) atoms. The van der Waals surface area contributed by atoms with Crippen molar-refractivity contribution in [3.8, 4) is 17.2 Å². The van der Waals surface area contributed by atoms with E-state index in [1.165, 1.54) is 11.1 Å². The minimum absolute atomic E-state index is 0. The number of hydrogen-bond donors (Lipinski definition) is 1. The van der Waals surface area contributed by atoms with Crippen LogP contribution in [0.5, 0.6) is 17.2 Å². The highest BCUT2D eigenvalue weighted by Crippen LogP contribution is 2.28. The lowest BCUT2D eigenvalue weighted by molar-refractivity contribution is 0.338. The molecule has 0 fully saturated rings. The monoisotopic (exact) mass is 429 g/mol. The van der Waals surface area contributed by atoms with E-state index in [9.17, 15) is 0 Å². The Kier molecular flexibility index (Phi) is 9.71. The quantitative estimate of drug-likeness (QED) is 0.589. The van der Waals surface area contributed by atoms with Gasteiger partial charge >= 0.3 is 0 Å². The maximum Gasteiger partial charge on any atom is 0.160 e. The van der Waals surface area contributed by atoms with E-state index in [1.54, 1.807) is 14.2 Å². The van der Waals surface area contributed by atoms with Crippen LogP contribution in [0, 0.1) is 0 Å². The van der Waals surface area contributed by atoms with Crippen molar-refractivity contribution >= 4 is 28.3 Å². The van der Waals surface area contributed by atoms with Crippen LogP contribution in [0.25, 0.3) is 0 Å². The van der Waals surface area contributed by atoms with Gasteiger partial charge in [-0.25, -0.2) is 0 Å². The molecule has 0 saturated heterocycles. The fourth-order valence-corrected chi connectivity index (χ4v) is 2.97. The van der Waals surface area contributed by atoms with Gasteiger partial charge in [-0.3, -0.25) is 0 Å². The Labute approximate surface area is 164 Å². The molecule has 0 saturated carbocycles. The molecule has 2 aromatic rings. The molecule has 0 unspecified atom stereocenters. The third kappa shape index (κ3) is 6.42. The predicted octanol–water partition coefficient (Wildman–Crippen LogP) is 4.62. The summed E-state index contributed by atoms with van der Waals surface area (Å²) in [5.41, 5.74) is 2.44. The van der Waals surface area contributed by atoms with Crippen molar-refractivity contribution in [1.82, 2.24) is 5.32 Å². The second kappa shape index (κ2) is 11.2. The molecule has 1 N–H and O–H groups in total. The van der Waals surface area contributed by atoms with Crippen LogP contribution in [0.1, 0.15) is 18.1 Å². The lowest BCUT2D eigenvalue weighted by atomic mass is 10.1. The second-order valence-corrected chi connectivity index (χ2v) is 6.17. The van der Waals surface area contributed by atoms with Gasteiger partial charge in [-0.2, -0.15) is 0 Å². The average molecular weight is 431 g/mol. The summed E-state index contributed by atoms with van der Waals surface area (Å²) in [5.74, 6) is 2.41. The van der Waals surface area contributed by atoms with Gasteiger partial charge in [0, 0.05) is 6.54 Å². The zero-order valence-electron chi connectivity index (χ0n) is 14.8. The van der Waals surface area contributed by atoms with Crippen LogP contribution in [0.4, 0.5) is 0 Å². The fourth-order valence-electron chi connectivity index (χ4n) is 2.43. The Morgan fingerprint density at radius 1 is 0.920 bits per heavy atom. The number of rotatable bonds is 9. The first-order valence-corrected chi connectivity index (χ1v) is 8.80. The first-order chi connectivity index (χ1) is 11.7. The van der Waals surface area contributed by atoms with Gasteiger partial charge in [-0.1, -0.05) is 12.1 Å². The Morgan fingerprint density at radius 3 is 2.24 bits per heavy atom. The van der Waals surface area contributed by atoms with Crippen LogP contribution in [0.3, 0.4) is 0 Å². The molecule has 0 radical (unpaired) electrons. The van der Waals surface area contributed by atoms with E-state index >= 15 is 0 Å². The summed E-state index contributed by atoms with van der Waals surface area (Å²) >= 11 is 3.54. The maximum absolute atomic E-state index is 5.53. The van der Waals surface area contributed by atoms with Gasteiger partial charge in [0.1, 0.15) is 5.75 Å². The largest absolute Gasteiger partial charge is 0.493 e. The standard InChI is InChI=1S/C19H24BrNO3.ClH/c1-4-24-17-7-6-15(11-16(17)20)13-21-10-9-14-5-8-18(22-2)19(12-14)23-3;/h5-8,11-12,21H,4,9-10,13H2,1-3H3;1H. The Morgan fingerprint density at radius 2 is 1.60 bits per heavy atom. The molecule has 0 spiro atoms. The summed E-state index contributed by atoms with van der Waals surface area (Å²) in [6.45, 7) is 4.36. The molecule has 2 aromatic carbocycles. The summed E-state index contributed by atoms with van der Waals surface area (Å²) in [6, 6.07) is 12.2.